The number of nitrogens with one attached hydrogen (secondary N) is 1. The van der Waals surface area contributed by atoms with E-state index in [9.17, 15) is 18.0 Å². The minimum Gasteiger partial charge on any atom is -0.336 e. The lowest BCUT2D eigenvalue weighted by atomic mass is 10.1. The van der Waals surface area contributed by atoms with Gasteiger partial charge in [-0.1, -0.05) is 12.1 Å². The summed E-state index contributed by atoms with van der Waals surface area (Å²) in [4.78, 5) is 17.7. The molecular weight excluding hydrogens is 333 g/mol. The molecule has 0 fully saturated rings. The molecule has 1 aromatic carbocycles. The highest BCUT2D eigenvalue weighted by Gasteiger charge is 2.29. The molecule has 1 heterocycles. The van der Waals surface area contributed by atoms with Crippen LogP contribution >= 0.6 is 0 Å². The maximum absolute atomic E-state index is 12.5. The molecule has 0 saturated heterocycles. The van der Waals surface area contributed by atoms with Crippen LogP contribution in [-0.2, 0) is 19.3 Å². The van der Waals surface area contributed by atoms with Crippen LogP contribution in [0, 0.1) is 13.8 Å². The van der Waals surface area contributed by atoms with Gasteiger partial charge in [0.25, 0.3) is 0 Å². The van der Waals surface area contributed by atoms with Crippen molar-refractivity contribution in [3.63, 3.8) is 0 Å². The molecule has 0 atom stereocenters. The predicted octanol–water partition coefficient (Wildman–Crippen LogP) is 3.36. The number of urea groups is 1. The third kappa shape index (κ3) is 4.98. The van der Waals surface area contributed by atoms with E-state index < -0.39 is 11.7 Å². The number of hydrogen-bond donors (Lipinski definition) is 1. The molecule has 1 N–H and O–H groups in total. The van der Waals surface area contributed by atoms with E-state index in [1.165, 1.54) is 17.0 Å². The summed E-state index contributed by atoms with van der Waals surface area (Å²) in [5, 5.41) is 2.78. The molecule has 5 nitrogen and oxygen atoms in total. The molecule has 136 valence electrons. The first-order valence-corrected chi connectivity index (χ1v) is 7.82. The van der Waals surface area contributed by atoms with Gasteiger partial charge in [-0.25, -0.2) is 9.78 Å². The van der Waals surface area contributed by atoms with Crippen LogP contribution in [0.5, 0.6) is 0 Å². The standard InChI is InChI=1S/C17H21F3N4O/c1-12-13(2)24(11-22-12)9-8-21-16(25)23(3)10-14-4-6-15(7-5-14)17(18,19)20/h4-7,11H,8-10H2,1-3H3,(H,21,25). The smallest absolute Gasteiger partial charge is 0.336 e. The Bertz CT molecular complexity index is 722. The lowest BCUT2D eigenvalue weighted by Gasteiger charge is -2.18. The molecular formula is C17H21F3N4O. The maximum atomic E-state index is 12.5. The minimum absolute atomic E-state index is 0.229. The Morgan fingerprint density at radius 2 is 1.88 bits per heavy atom. The number of halogens is 3. The van der Waals surface area contributed by atoms with E-state index in [4.69, 9.17) is 0 Å². The Morgan fingerprint density at radius 1 is 1.24 bits per heavy atom. The molecule has 8 heteroatoms. The Kier molecular flexibility index (Phi) is 5.71. The molecule has 0 bridgehead atoms. The number of rotatable bonds is 5. The molecule has 1 aromatic heterocycles. The second-order valence-electron chi connectivity index (χ2n) is 5.89. The van der Waals surface area contributed by atoms with Gasteiger partial charge in [-0.05, 0) is 31.5 Å². The van der Waals surface area contributed by atoms with Gasteiger partial charge in [0.15, 0.2) is 0 Å². The van der Waals surface area contributed by atoms with Gasteiger partial charge >= 0.3 is 12.2 Å². The van der Waals surface area contributed by atoms with Gasteiger partial charge in [0.05, 0.1) is 17.6 Å². The number of amides is 2. The summed E-state index contributed by atoms with van der Waals surface area (Å²) in [6.07, 6.45) is -2.63. The molecule has 0 unspecified atom stereocenters. The fraction of sp³-hybridized carbons (Fsp3) is 0.412. The number of hydrogen-bond acceptors (Lipinski definition) is 2. The van der Waals surface area contributed by atoms with Crippen LogP contribution in [0.15, 0.2) is 30.6 Å². The Labute approximate surface area is 144 Å². The normalized spacial score (nSPS) is 11.4. The zero-order valence-electron chi connectivity index (χ0n) is 14.4. The van der Waals surface area contributed by atoms with Gasteiger partial charge in [0.1, 0.15) is 0 Å². The largest absolute Gasteiger partial charge is 0.416 e. The second-order valence-corrected chi connectivity index (χ2v) is 5.89. The fourth-order valence-corrected chi connectivity index (χ4v) is 2.33. The van der Waals surface area contributed by atoms with Crippen molar-refractivity contribution >= 4 is 6.03 Å². The van der Waals surface area contributed by atoms with Crippen molar-refractivity contribution in [1.29, 1.82) is 0 Å². The highest BCUT2D eigenvalue weighted by molar-refractivity contribution is 5.73. The zero-order valence-corrected chi connectivity index (χ0v) is 14.4. The predicted molar refractivity (Wildman–Crippen MR) is 88.0 cm³/mol. The fourth-order valence-electron chi connectivity index (χ4n) is 2.33. The average molecular weight is 354 g/mol. The van der Waals surface area contributed by atoms with Gasteiger partial charge in [-0.3, -0.25) is 0 Å². The molecule has 0 saturated carbocycles. The van der Waals surface area contributed by atoms with Crippen LogP contribution in [0.2, 0.25) is 0 Å². The Balaban J connectivity index is 1.82. The number of alkyl halides is 3. The van der Waals surface area contributed by atoms with Crippen LogP contribution in [0.3, 0.4) is 0 Å². The number of carbonyl (C=O) groups is 1. The van der Waals surface area contributed by atoms with Crippen LogP contribution < -0.4 is 5.32 Å². The zero-order chi connectivity index (χ0) is 18.6. The van der Waals surface area contributed by atoms with Crippen molar-refractivity contribution < 1.29 is 18.0 Å². The molecule has 0 aliphatic carbocycles. The van der Waals surface area contributed by atoms with Crippen LogP contribution in [-0.4, -0.2) is 34.1 Å². The summed E-state index contributed by atoms with van der Waals surface area (Å²) in [6.45, 7) is 5.15. The monoisotopic (exact) mass is 354 g/mol. The van der Waals surface area contributed by atoms with Gasteiger partial charge < -0.3 is 14.8 Å². The summed E-state index contributed by atoms with van der Waals surface area (Å²) < 4.78 is 39.6. The number of benzene rings is 1. The number of nitrogens with zero attached hydrogens (tertiary/aromatic N) is 3. The van der Waals surface area contributed by atoms with E-state index in [2.05, 4.69) is 10.3 Å². The molecule has 2 aromatic rings. The summed E-state index contributed by atoms with van der Waals surface area (Å²) >= 11 is 0. The first-order valence-electron chi connectivity index (χ1n) is 7.82. The summed E-state index contributed by atoms with van der Waals surface area (Å²) in [5.74, 6) is 0. The molecule has 0 spiro atoms. The van der Waals surface area contributed by atoms with Crippen LogP contribution in [0.25, 0.3) is 0 Å². The van der Waals surface area contributed by atoms with E-state index in [-0.39, 0.29) is 12.6 Å². The van der Waals surface area contributed by atoms with E-state index in [0.717, 1.165) is 23.5 Å². The van der Waals surface area contributed by atoms with Gasteiger partial charge in [-0.2, -0.15) is 13.2 Å². The van der Waals surface area contributed by atoms with E-state index >= 15 is 0 Å². The lowest BCUT2D eigenvalue weighted by Crippen LogP contribution is -2.38. The average Bonchev–Trinajstić information content (AvgIpc) is 2.86. The number of carbonyl (C=O) groups excluding carboxylic acids is 1. The van der Waals surface area contributed by atoms with Crippen LogP contribution in [0.4, 0.5) is 18.0 Å². The minimum atomic E-state index is -4.36. The molecule has 2 amide bonds. The van der Waals surface area contributed by atoms with Gasteiger partial charge in [-0.15, -0.1) is 0 Å². The second kappa shape index (κ2) is 7.58. The molecule has 0 aliphatic rings. The maximum Gasteiger partial charge on any atom is 0.416 e. The first-order chi connectivity index (χ1) is 11.7. The first kappa shape index (κ1) is 18.8. The lowest BCUT2D eigenvalue weighted by molar-refractivity contribution is -0.137. The highest BCUT2D eigenvalue weighted by Crippen LogP contribution is 2.29. The van der Waals surface area contributed by atoms with Crippen molar-refractivity contribution in [1.82, 2.24) is 19.8 Å². The van der Waals surface area contributed by atoms with Crippen molar-refractivity contribution in [2.45, 2.75) is 33.1 Å². The Hall–Kier alpha value is -2.51. The third-order valence-corrected chi connectivity index (χ3v) is 4.02. The van der Waals surface area contributed by atoms with Gasteiger partial charge in [0, 0.05) is 32.4 Å². The molecule has 0 radical (unpaired) electrons. The molecule has 0 aliphatic heterocycles. The summed E-state index contributed by atoms with van der Waals surface area (Å²) in [5.41, 5.74) is 1.93. The Morgan fingerprint density at radius 3 is 2.40 bits per heavy atom. The van der Waals surface area contributed by atoms with Gasteiger partial charge in [0.2, 0.25) is 0 Å². The van der Waals surface area contributed by atoms with E-state index in [1.807, 2.05) is 18.4 Å². The quantitative estimate of drug-likeness (QED) is 0.895. The van der Waals surface area contributed by atoms with Crippen molar-refractivity contribution in [3.8, 4) is 0 Å². The van der Waals surface area contributed by atoms with Crippen LogP contribution in [0.1, 0.15) is 22.5 Å². The van der Waals surface area contributed by atoms with Crippen molar-refractivity contribution in [2.75, 3.05) is 13.6 Å². The summed E-state index contributed by atoms with van der Waals surface area (Å²) in [6, 6.07) is 4.51. The van der Waals surface area contributed by atoms with Crippen molar-refractivity contribution in [3.05, 3.63) is 53.1 Å². The molecule has 25 heavy (non-hydrogen) atoms. The van der Waals surface area contributed by atoms with Crippen molar-refractivity contribution in [2.24, 2.45) is 0 Å². The van der Waals surface area contributed by atoms with E-state index in [0.29, 0.717) is 18.7 Å². The third-order valence-electron chi connectivity index (χ3n) is 4.02. The number of aryl methyl sites for hydroxylation is 1. The highest BCUT2D eigenvalue weighted by atomic mass is 19.4. The SMILES string of the molecule is Cc1ncn(CCNC(=O)N(C)Cc2ccc(C(F)(F)F)cc2)c1C. The van der Waals surface area contributed by atoms with E-state index in [1.54, 1.807) is 13.4 Å². The number of aromatic nitrogens is 2. The number of imidazole rings is 1. The molecule has 2 rings (SSSR count). The summed E-state index contributed by atoms with van der Waals surface area (Å²) in [7, 11) is 1.60. The topological polar surface area (TPSA) is 50.2 Å².